The Balaban J connectivity index is 1.85. The summed E-state index contributed by atoms with van der Waals surface area (Å²) in [5.74, 6) is -4.28. The molecule has 0 fully saturated rings. The molecule has 3 rings (SSSR count). The van der Waals surface area contributed by atoms with Gasteiger partial charge in [-0.15, -0.1) is 0 Å². The van der Waals surface area contributed by atoms with Gasteiger partial charge in [-0.2, -0.15) is 13.2 Å². The van der Waals surface area contributed by atoms with Gasteiger partial charge in [0.1, 0.15) is 11.6 Å². The molecule has 1 aromatic carbocycles. The van der Waals surface area contributed by atoms with E-state index in [1.807, 2.05) is 0 Å². The van der Waals surface area contributed by atoms with Crippen LogP contribution in [0.1, 0.15) is 0 Å². The molecule has 0 radical (unpaired) electrons. The number of hydrogen-bond donors (Lipinski definition) is 3. The standard InChI is InChI=1S/C21H15F5N6O2/c22-14-2-1-6-30-19(14)32-18(21(24,25)26)13(10-27)20(33)31-11-3-4-16(15(23)8-11)34-12-5-7-29-17(28)9-12/h1-10H,27H2,(H2,28,29)(H,31,33). The first-order valence-corrected chi connectivity index (χ1v) is 9.27. The van der Waals surface area contributed by atoms with E-state index in [9.17, 15) is 26.7 Å². The summed E-state index contributed by atoms with van der Waals surface area (Å²) in [5, 5.41) is 2.08. The maximum atomic E-state index is 14.4. The van der Waals surface area contributed by atoms with Crippen LogP contribution in [0.3, 0.4) is 0 Å². The molecule has 0 aliphatic heterocycles. The fourth-order valence-electron chi connectivity index (χ4n) is 2.58. The Kier molecular flexibility index (Phi) is 7.04. The quantitative estimate of drug-likeness (QED) is 0.276. The monoisotopic (exact) mass is 478 g/mol. The van der Waals surface area contributed by atoms with Crippen molar-refractivity contribution >= 4 is 28.9 Å². The largest absolute Gasteiger partial charge is 0.454 e. The van der Waals surface area contributed by atoms with Crippen molar-refractivity contribution in [2.24, 2.45) is 10.7 Å². The van der Waals surface area contributed by atoms with E-state index in [0.717, 1.165) is 30.5 Å². The third-order valence-corrected chi connectivity index (χ3v) is 4.06. The van der Waals surface area contributed by atoms with Crippen molar-refractivity contribution in [3.05, 3.63) is 78.3 Å². The molecule has 0 aliphatic rings. The molecule has 5 N–H and O–H groups in total. The zero-order chi connectivity index (χ0) is 24.9. The normalized spacial score (nSPS) is 12.4. The average Bonchev–Trinajstić information content (AvgIpc) is 2.76. The molecule has 8 nitrogen and oxygen atoms in total. The minimum Gasteiger partial charge on any atom is -0.454 e. The molecule has 0 saturated heterocycles. The molecule has 2 aromatic heterocycles. The third kappa shape index (κ3) is 5.82. The van der Waals surface area contributed by atoms with Crippen molar-refractivity contribution in [2.45, 2.75) is 6.18 Å². The van der Waals surface area contributed by atoms with Crippen LogP contribution in [0.5, 0.6) is 11.5 Å². The van der Waals surface area contributed by atoms with Crippen molar-refractivity contribution in [2.75, 3.05) is 11.1 Å². The lowest BCUT2D eigenvalue weighted by Gasteiger charge is -2.14. The number of ether oxygens (including phenoxy) is 1. The second kappa shape index (κ2) is 9.94. The van der Waals surface area contributed by atoms with Gasteiger partial charge in [0.05, 0.1) is 5.57 Å². The Bertz CT molecular complexity index is 1280. The number of carbonyl (C=O) groups excluding carboxylic acids is 1. The Labute approximate surface area is 188 Å². The average molecular weight is 478 g/mol. The van der Waals surface area contributed by atoms with Crippen molar-refractivity contribution in [3.63, 3.8) is 0 Å². The van der Waals surface area contributed by atoms with E-state index < -0.39 is 40.8 Å². The SMILES string of the molecule is NC=C(C(=O)Nc1ccc(Oc2ccnc(N)c2)c(F)c1)C(=Nc1ncccc1F)C(F)(F)F. The van der Waals surface area contributed by atoms with Crippen LogP contribution in [0, 0.1) is 11.6 Å². The third-order valence-electron chi connectivity index (χ3n) is 4.06. The summed E-state index contributed by atoms with van der Waals surface area (Å²) in [6.45, 7) is 0. The van der Waals surface area contributed by atoms with Crippen molar-refractivity contribution < 1.29 is 31.5 Å². The van der Waals surface area contributed by atoms with Gasteiger partial charge in [0.15, 0.2) is 28.9 Å². The van der Waals surface area contributed by atoms with Crippen LogP contribution in [0.15, 0.2) is 71.6 Å². The summed E-state index contributed by atoms with van der Waals surface area (Å²) < 4.78 is 74.3. The highest BCUT2D eigenvalue weighted by Crippen LogP contribution is 2.29. The molecular formula is C21H15F5N6O2. The molecule has 2 heterocycles. The van der Waals surface area contributed by atoms with E-state index in [1.165, 1.54) is 24.4 Å². The smallest absolute Gasteiger partial charge is 0.434 e. The maximum absolute atomic E-state index is 14.4. The second-order valence-corrected chi connectivity index (χ2v) is 6.47. The van der Waals surface area contributed by atoms with E-state index in [2.05, 4.69) is 20.3 Å². The van der Waals surface area contributed by atoms with Crippen LogP contribution in [-0.2, 0) is 4.79 Å². The number of aliphatic imine (C=N–C) groups is 1. The molecule has 0 saturated carbocycles. The van der Waals surface area contributed by atoms with E-state index >= 15 is 0 Å². The number of anilines is 2. The van der Waals surface area contributed by atoms with Gasteiger partial charge in [-0.05, 0) is 30.3 Å². The lowest BCUT2D eigenvalue weighted by molar-refractivity contribution is -0.113. The number of nitrogen functional groups attached to an aromatic ring is 1. The molecule has 34 heavy (non-hydrogen) atoms. The number of aromatic nitrogens is 2. The predicted octanol–water partition coefficient (Wildman–Crippen LogP) is 4.25. The van der Waals surface area contributed by atoms with Crippen LogP contribution in [0.2, 0.25) is 0 Å². The molecule has 0 spiro atoms. The summed E-state index contributed by atoms with van der Waals surface area (Å²) in [5.41, 5.74) is 7.62. The Morgan fingerprint density at radius 2 is 1.82 bits per heavy atom. The molecule has 3 aromatic rings. The fraction of sp³-hybridized carbons (Fsp3) is 0.0476. The van der Waals surface area contributed by atoms with E-state index in [4.69, 9.17) is 16.2 Å². The summed E-state index contributed by atoms with van der Waals surface area (Å²) in [7, 11) is 0. The fourth-order valence-corrected chi connectivity index (χ4v) is 2.58. The van der Waals surface area contributed by atoms with Crippen LogP contribution in [0.4, 0.5) is 39.3 Å². The predicted molar refractivity (Wildman–Crippen MR) is 113 cm³/mol. The van der Waals surface area contributed by atoms with Gasteiger partial charge in [-0.25, -0.2) is 23.7 Å². The number of pyridine rings is 2. The Morgan fingerprint density at radius 3 is 2.44 bits per heavy atom. The van der Waals surface area contributed by atoms with Crippen molar-refractivity contribution in [1.29, 1.82) is 0 Å². The second-order valence-electron chi connectivity index (χ2n) is 6.47. The molecule has 0 unspecified atom stereocenters. The molecule has 13 heteroatoms. The summed E-state index contributed by atoms with van der Waals surface area (Å²) in [6.07, 6.45) is -2.48. The molecule has 176 valence electrons. The highest BCUT2D eigenvalue weighted by molar-refractivity contribution is 6.27. The number of nitrogens with one attached hydrogen (secondary N) is 1. The van der Waals surface area contributed by atoms with Crippen molar-refractivity contribution in [1.82, 2.24) is 9.97 Å². The van der Waals surface area contributed by atoms with Crippen LogP contribution < -0.4 is 21.5 Å². The van der Waals surface area contributed by atoms with Gasteiger partial charge in [0, 0.05) is 36.4 Å². The lowest BCUT2D eigenvalue weighted by Crippen LogP contribution is -2.32. The molecule has 0 atom stereocenters. The number of alkyl halides is 3. The van der Waals surface area contributed by atoms with Gasteiger partial charge in [-0.1, -0.05) is 0 Å². The van der Waals surface area contributed by atoms with E-state index in [0.29, 0.717) is 6.20 Å². The number of halogens is 5. The first-order valence-electron chi connectivity index (χ1n) is 9.27. The number of nitrogens with zero attached hydrogens (tertiary/aromatic N) is 3. The molecule has 1 amide bonds. The first-order chi connectivity index (χ1) is 16.1. The number of benzene rings is 1. The van der Waals surface area contributed by atoms with Crippen LogP contribution in [-0.4, -0.2) is 27.8 Å². The van der Waals surface area contributed by atoms with E-state index in [-0.39, 0.29) is 23.0 Å². The van der Waals surface area contributed by atoms with E-state index in [1.54, 1.807) is 0 Å². The molecule has 0 aliphatic carbocycles. The van der Waals surface area contributed by atoms with Gasteiger partial charge in [0.2, 0.25) is 0 Å². The molecule has 0 bridgehead atoms. The van der Waals surface area contributed by atoms with Crippen LogP contribution in [0.25, 0.3) is 0 Å². The minimum absolute atomic E-state index is 0.135. The Morgan fingerprint density at radius 1 is 1.06 bits per heavy atom. The topological polar surface area (TPSA) is 129 Å². The summed E-state index contributed by atoms with van der Waals surface area (Å²) in [6, 6.07) is 7.89. The van der Waals surface area contributed by atoms with Crippen molar-refractivity contribution in [3.8, 4) is 11.5 Å². The maximum Gasteiger partial charge on any atom is 0.434 e. The highest BCUT2D eigenvalue weighted by Gasteiger charge is 2.41. The highest BCUT2D eigenvalue weighted by atomic mass is 19.4. The summed E-state index contributed by atoms with van der Waals surface area (Å²) >= 11 is 0. The Hall–Kier alpha value is -4.55. The zero-order valence-corrected chi connectivity index (χ0v) is 17.0. The zero-order valence-electron chi connectivity index (χ0n) is 17.0. The number of hydrogen-bond acceptors (Lipinski definition) is 7. The summed E-state index contributed by atoms with van der Waals surface area (Å²) in [4.78, 5) is 22.8. The van der Waals surface area contributed by atoms with Gasteiger partial charge in [0.25, 0.3) is 5.91 Å². The number of carbonyl (C=O) groups is 1. The van der Waals surface area contributed by atoms with Gasteiger partial charge >= 0.3 is 6.18 Å². The number of rotatable bonds is 6. The first kappa shape index (κ1) is 24.1. The molecular weight excluding hydrogens is 463 g/mol. The number of nitrogens with two attached hydrogens (primary N) is 2. The van der Waals surface area contributed by atoms with Gasteiger partial charge < -0.3 is 21.5 Å². The van der Waals surface area contributed by atoms with Gasteiger partial charge in [-0.3, -0.25) is 4.79 Å². The van der Waals surface area contributed by atoms with Crippen LogP contribution >= 0.6 is 0 Å². The minimum atomic E-state index is -5.19. The lowest BCUT2D eigenvalue weighted by atomic mass is 10.1. The number of amides is 1.